The van der Waals surface area contributed by atoms with Gasteiger partial charge in [0.05, 0.1) is 5.25 Å². The van der Waals surface area contributed by atoms with Gasteiger partial charge in [0.25, 0.3) is 0 Å². The number of rotatable bonds is 2. The summed E-state index contributed by atoms with van der Waals surface area (Å²) in [4.78, 5) is 12.5. The number of hydrogen-bond acceptors (Lipinski definition) is 5. The molecule has 0 saturated carbocycles. The molecule has 0 aromatic rings. The highest BCUT2D eigenvalue weighted by Crippen LogP contribution is 2.52. The van der Waals surface area contributed by atoms with Crippen LogP contribution in [0.25, 0.3) is 0 Å². The van der Waals surface area contributed by atoms with Crippen LogP contribution in [0.2, 0.25) is 0 Å². The average molecular weight is 220 g/mol. The van der Waals surface area contributed by atoms with Crippen molar-refractivity contribution in [3.63, 3.8) is 0 Å². The van der Waals surface area contributed by atoms with Crippen LogP contribution in [-0.4, -0.2) is 23.1 Å². The largest absolute Gasteiger partial charge is 0.368 e. The first kappa shape index (κ1) is 8.99. The summed E-state index contributed by atoms with van der Waals surface area (Å²) >= 11 is 1.34. The second-order valence-corrected chi connectivity index (χ2v) is 5.79. The van der Waals surface area contributed by atoms with Gasteiger partial charge in [0.1, 0.15) is 6.10 Å². The summed E-state index contributed by atoms with van der Waals surface area (Å²) in [5, 5.41) is 2.49. The molecule has 2 heterocycles. The SMILES string of the molecule is CCOC1C(=O)SC2=CSSC21. The molecule has 12 heavy (non-hydrogen) atoms. The number of fused-ring (bicyclic) bond motifs is 1. The lowest BCUT2D eigenvalue weighted by Gasteiger charge is -2.12. The summed E-state index contributed by atoms with van der Waals surface area (Å²) in [6, 6.07) is 0. The molecule has 1 saturated heterocycles. The number of carbonyl (C=O) groups excluding carboxylic acids is 1. The van der Waals surface area contributed by atoms with Gasteiger partial charge in [-0.1, -0.05) is 33.3 Å². The standard InChI is InChI=1S/C7H8O2S3/c1-2-9-5-6-4(3-10-12-6)11-7(5)8/h3,5-6H,2H2,1H3. The number of ether oxygens (including phenoxy) is 1. The summed E-state index contributed by atoms with van der Waals surface area (Å²) in [7, 11) is 3.42. The summed E-state index contributed by atoms with van der Waals surface area (Å²) in [6.07, 6.45) is -0.203. The highest BCUT2D eigenvalue weighted by Gasteiger charge is 2.43. The number of carbonyl (C=O) groups is 1. The van der Waals surface area contributed by atoms with Crippen molar-refractivity contribution in [1.29, 1.82) is 0 Å². The molecule has 1 fully saturated rings. The molecule has 2 aliphatic rings. The second kappa shape index (κ2) is 3.65. The van der Waals surface area contributed by atoms with Crippen molar-refractivity contribution in [2.45, 2.75) is 18.3 Å². The van der Waals surface area contributed by atoms with Gasteiger partial charge in [-0.05, 0) is 12.3 Å². The third kappa shape index (κ3) is 1.43. The van der Waals surface area contributed by atoms with Gasteiger partial charge >= 0.3 is 0 Å². The van der Waals surface area contributed by atoms with Gasteiger partial charge < -0.3 is 4.74 Å². The first-order valence-electron chi connectivity index (χ1n) is 3.68. The summed E-state index contributed by atoms with van der Waals surface area (Å²) in [5.74, 6) is 0. The van der Waals surface area contributed by atoms with Crippen LogP contribution < -0.4 is 0 Å². The molecule has 2 unspecified atom stereocenters. The maximum atomic E-state index is 11.4. The zero-order chi connectivity index (χ0) is 8.55. The van der Waals surface area contributed by atoms with Crippen LogP contribution in [0.5, 0.6) is 0 Å². The third-order valence-corrected chi connectivity index (χ3v) is 5.43. The van der Waals surface area contributed by atoms with E-state index in [0.29, 0.717) is 6.61 Å². The van der Waals surface area contributed by atoms with Crippen LogP contribution in [-0.2, 0) is 9.53 Å². The minimum atomic E-state index is -0.203. The predicted molar refractivity (Wildman–Crippen MR) is 55.1 cm³/mol. The van der Waals surface area contributed by atoms with Crippen LogP contribution in [0.15, 0.2) is 10.3 Å². The lowest BCUT2D eigenvalue weighted by atomic mass is 10.2. The first-order chi connectivity index (χ1) is 5.83. The smallest absolute Gasteiger partial charge is 0.223 e. The van der Waals surface area contributed by atoms with Gasteiger partial charge in [-0.2, -0.15) is 0 Å². The van der Waals surface area contributed by atoms with Crippen molar-refractivity contribution in [2.75, 3.05) is 6.61 Å². The maximum absolute atomic E-state index is 11.4. The average Bonchev–Trinajstić information content (AvgIpc) is 2.56. The fourth-order valence-corrected chi connectivity index (χ4v) is 5.45. The molecule has 5 heteroatoms. The van der Waals surface area contributed by atoms with Gasteiger partial charge in [-0.3, -0.25) is 4.79 Å². The van der Waals surface area contributed by atoms with Crippen LogP contribution >= 0.6 is 33.3 Å². The van der Waals surface area contributed by atoms with Crippen LogP contribution in [0.1, 0.15) is 6.92 Å². The Kier molecular flexibility index (Phi) is 2.74. The van der Waals surface area contributed by atoms with E-state index < -0.39 is 0 Å². The Labute approximate surface area is 83.3 Å². The molecule has 0 aromatic heterocycles. The van der Waals surface area contributed by atoms with Gasteiger partial charge in [-0.15, -0.1) is 0 Å². The molecule has 0 amide bonds. The van der Waals surface area contributed by atoms with Crippen molar-refractivity contribution in [3.8, 4) is 0 Å². The Morgan fingerprint density at radius 1 is 1.67 bits per heavy atom. The molecule has 0 spiro atoms. The Bertz CT molecular complexity index is 239. The topological polar surface area (TPSA) is 26.3 Å². The lowest BCUT2D eigenvalue weighted by molar-refractivity contribution is -0.120. The van der Waals surface area contributed by atoms with E-state index in [1.807, 2.05) is 6.92 Å². The Morgan fingerprint density at radius 3 is 3.25 bits per heavy atom. The fraction of sp³-hybridized carbons (Fsp3) is 0.571. The molecule has 0 aliphatic carbocycles. The van der Waals surface area contributed by atoms with E-state index in [1.54, 1.807) is 21.6 Å². The highest BCUT2D eigenvalue weighted by atomic mass is 33.1. The van der Waals surface area contributed by atoms with Gasteiger partial charge in [-0.25, -0.2) is 0 Å². The molecule has 66 valence electrons. The number of hydrogen-bond donors (Lipinski definition) is 0. The highest BCUT2D eigenvalue weighted by molar-refractivity contribution is 8.78. The lowest BCUT2D eigenvalue weighted by Crippen LogP contribution is -2.25. The monoisotopic (exact) mass is 220 g/mol. The normalized spacial score (nSPS) is 33.8. The fourth-order valence-electron chi connectivity index (χ4n) is 1.16. The van der Waals surface area contributed by atoms with Gasteiger partial charge in [0.15, 0.2) is 0 Å². The predicted octanol–water partition coefficient (Wildman–Crippen LogP) is 2.27. The van der Waals surface area contributed by atoms with E-state index in [4.69, 9.17) is 4.74 Å². The van der Waals surface area contributed by atoms with Gasteiger partial charge in [0, 0.05) is 11.5 Å². The molecule has 2 aliphatic heterocycles. The van der Waals surface area contributed by atoms with Gasteiger partial charge in [0.2, 0.25) is 5.12 Å². The van der Waals surface area contributed by atoms with Crippen LogP contribution in [0, 0.1) is 0 Å². The molecule has 2 nitrogen and oxygen atoms in total. The molecular formula is C7H8O2S3. The van der Waals surface area contributed by atoms with E-state index in [0.717, 1.165) is 0 Å². The van der Waals surface area contributed by atoms with Crippen molar-refractivity contribution < 1.29 is 9.53 Å². The van der Waals surface area contributed by atoms with E-state index >= 15 is 0 Å². The molecule has 0 N–H and O–H groups in total. The zero-order valence-corrected chi connectivity index (χ0v) is 8.93. The second-order valence-electron chi connectivity index (χ2n) is 2.43. The summed E-state index contributed by atoms with van der Waals surface area (Å²) in [6.45, 7) is 2.54. The molecule has 0 radical (unpaired) electrons. The molecule has 2 atom stereocenters. The molecule has 0 bridgehead atoms. The summed E-state index contributed by atoms with van der Waals surface area (Å²) in [5.41, 5.74) is 0. The van der Waals surface area contributed by atoms with E-state index in [1.165, 1.54) is 16.7 Å². The molecule has 0 aromatic carbocycles. The number of thioether (sulfide) groups is 1. The van der Waals surface area contributed by atoms with Crippen molar-refractivity contribution in [1.82, 2.24) is 0 Å². The van der Waals surface area contributed by atoms with Crippen LogP contribution in [0.4, 0.5) is 0 Å². The van der Waals surface area contributed by atoms with Crippen LogP contribution in [0.3, 0.4) is 0 Å². The van der Waals surface area contributed by atoms with Crippen molar-refractivity contribution in [2.24, 2.45) is 0 Å². The Balaban J connectivity index is 2.13. The quantitative estimate of drug-likeness (QED) is 0.665. The summed E-state index contributed by atoms with van der Waals surface area (Å²) < 4.78 is 5.38. The molecular weight excluding hydrogens is 212 g/mol. The maximum Gasteiger partial charge on any atom is 0.223 e. The first-order valence-corrected chi connectivity index (χ1v) is 6.77. The van der Waals surface area contributed by atoms with E-state index in [-0.39, 0.29) is 16.5 Å². The zero-order valence-electron chi connectivity index (χ0n) is 6.48. The van der Waals surface area contributed by atoms with E-state index in [9.17, 15) is 4.79 Å². The van der Waals surface area contributed by atoms with E-state index in [2.05, 4.69) is 5.41 Å². The Morgan fingerprint density at radius 2 is 2.50 bits per heavy atom. The van der Waals surface area contributed by atoms with Crippen molar-refractivity contribution in [3.05, 3.63) is 10.3 Å². The third-order valence-electron chi connectivity index (χ3n) is 1.68. The Hall–Kier alpha value is 0.420. The molecule has 2 rings (SSSR count). The minimum Gasteiger partial charge on any atom is -0.368 e. The minimum absolute atomic E-state index is 0.168. The van der Waals surface area contributed by atoms with Crippen molar-refractivity contribution >= 4 is 38.5 Å².